The van der Waals surface area contributed by atoms with E-state index in [1.165, 1.54) is 13.2 Å². The fourth-order valence-electron chi connectivity index (χ4n) is 1.09. The number of benzene rings is 1. The van der Waals surface area contributed by atoms with E-state index in [1.807, 2.05) is 0 Å². The van der Waals surface area contributed by atoms with E-state index in [0.717, 1.165) is 6.07 Å². The van der Waals surface area contributed by atoms with Crippen molar-refractivity contribution in [2.45, 2.75) is 6.04 Å². The Balaban J connectivity index is 3.20. The van der Waals surface area contributed by atoms with Crippen molar-refractivity contribution in [2.24, 2.45) is 5.73 Å². The van der Waals surface area contributed by atoms with E-state index in [9.17, 15) is 4.39 Å². The van der Waals surface area contributed by atoms with E-state index < -0.39 is 24.2 Å². The molecule has 0 bridgehead atoms. The van der Waals surface area contributed by atoms with Crippen LogP contribution in [0.5, 0.6) is 11.5 Å². The number of hydrogen-bond acceptors (Lipinski definition) is 4. The van der Waals surface area contributed by atoms with Gasteiger partial charge in [-0.1, -0.05) is 0 Å². The van der Waals surface area contributed by atoms with E-state index in [-0.39, 0.29) is 5.56 Å². The lowest BCUT2D eigenvalue weighted by atomic mass is 10.1. The lowest BCUT2D eigenvalue weighted by Crippen LogP contribution is -2.16. The van der Waals surface area contributed by atoms with Crippen LogP contribution < -0.4 is 10.5 Å². The number of methoxy groups -OCH3 is 1. The third kappa shape index (κ3) is 1.94. The minimum Gasteiger partial charge on any atom is -0.505 e. The quantitative estimate of drug-likeness (QED) is 0.666. The molecule has 0 fully saturated rings. The number of aliphatic hydroxyl groups excluding tert-OH is 1. The molecule has 4 N–H and O–H groups in total. The summed E-state index contributed by atoms with van der Waals surface area (Å²) in [4.78, 5) is 0. The van der Waals surface area contributed by atoms with E-state index in [0.29, 0.717) is 5.75 Å². The Labute approximate surface area is 80.7 Å². The molecule has 1 unspecified atom stereocenters. The molecule has 0 aliphatic heterocycles. The van der Waals surface area contributed by atoms with Gasteiger partial charge in [0, 0.05) is 11.6 Å². The highest BCUT2D eigenvalue weighted by atomic mass is 19.1. The van der Waals surface area contributed by atoms with Crippen LogP contribution in [0, 0.1) is 5.82 Å². The first-order chi connectivity index (χ1) is 6.60. The van der Waals surface area contributed by atoms with Crippen LogP contribution in [0.2, 0.25) is 0 Å². The second kappa shape index (κ2) is 4.26. The highest BCUT2D eigenvalue weighted by molar-refractivity contribution is 5.40. The molecule has 14 heavy (non-hydrogen) atoms. The zero-order valence-electron chi connectivity index (χ0n) is 7.70. The van der Waals surface area contributed by atoms with Gasteiger partial charge >= 0.3 is 0 Å². The number of halogens is 1. The van der Waals surface area contributed by atoms with Crippen molar-refractivity contribution in [3.8, 4) is 11.5 Å². The molecule has 0 saturated heterocycles. The van der Waals surface area contributed by atoms with Crippen molar-refractivity contribution in [2.75, 3.05) is 13.7 Å². The molecule has 0 heterocycles. The molecule has 0 aliphatic carbocycles. The number of phenolic OH excluding ortho intramolecular Hbond substituents is 1. The van der Waals surface area contributed by atoms with Crippen LogP contribution in [0.3, 0.4) is 0 Å². The maximum atomic E-state index is 13.3. The highest BCUT2D eigenvalue weighted by Crippen LogP contribution is 2.28. The number of aliphatic hydroxyl groups is 1. The molecule has 0 aromatic heterocycles. The number of nitrogens with two attached hydrogens (primary N) is 1. The molecular weight excluding hydrogens is 189 g/mol. The summed E-state index contributed by atoms with van der Waals surface area (Å²) >= 11 is 0. The Morgan fingerprint density at radius 1 is 1.57 bits per heavy atom. The summed E-state index contributed by atoms with van der Waals surface area (Å²) < 4.78 is 18.1. The minimum atomic E-state index is -0.865. The van der Waals surface area contributed by atoms with Crippen LogP contribution in [0.4, 0.5) is 4.39 Å². The average Bonchev–Trinajstić information content (AvgIpc) is 2.20. The van der Waals surface area contributed by atoms with Crippen molar-refractivity contribution < 1.29 is 19.3 Å². The zero-order chi connectivity index (χ0) is 10.7. The van der Waals surface area contributed by atoms with Gasteiger partial charge in [-0.2, -0.15) is 0 Å². The molecule has 78 valence electrons. The average molecular weight is 201 g/mol. The maximum Gasteiger partial charge on any atom is 0.169 e. The van der Waals surface area contributed by atoms with Crippen molar-refractivity contribution in [1.29, 1.82) is 0 Å². The van der Waals surface area contributed by atoms with Crippen LogP contribution in [-0.2, 0) is 0 Å². The van der Waals surface area contributed by atoms with Gasteiger partial charge in [0.1, 0.15) is 5.75 Å². The summed E-state index contributed by atoms with van der Waals surface area (Å²) in [7, 11) is 1.39. The Kier molecular flexibility index (Phi) is 3.27. The summed E-state index contributed by atoms with van der Waals surface area (Å²) in [5.41, 5.74) is 5.46. The van der Waals surface area contributed by atoms with Crippen molar-refractivity contribution in [3.05, 3.63) is 23.5 Å². The fraction of sp³-hybridized carbons (Fsp3) is 0.333. The number of aromatic hydroxyl groups is 1. The summed E-state index contributed by atoms with van der Waals surface area (Å²) in [5, 5.41) is 17.9. The first kappa shape index (κ1) is 10.7. The molecular formula is C9H12FNO3. The third-order valence-electron chi connectivity index (χ3n) is 1.89. The van der Waals surface area contributed by atoms with Crippen molar-refractivity contribution in [1.82, 2.24) is 0 Å². The predicted octanol–water partition coefficient (Wildman–Crippen LogP) is 0.532. The number of rotatable bonds is 3. The van der Waals surface area contributed by atoms with Crippen molar-refractivity contribution in [3.63, 3.8) is 0 Å². The largest absolute Gasteiger partial charge is 0.505 e. The molecule has 0 spiro atoms. The van der Waals surface area contributed by atoms with Gasteiger partial charge in [0.15, 0.2) is 11.6 Å². The summed E-state index contributed by atoms with van der Waals surface area (Å²) in [5.74, 6) is -1.07. The maximum absolute atomic E-state index is 13.3. The number of phenols is 1. The first-order valence-corrected chi connectivity index (χ1v) is 4.03. The molecule has 1 aromatic rings. The number of hydrogen-bond donors (Lipinski definition) is 3. The summed E-state index contributed by atoms with van der Waals surface area (Å²) in [6, 6.07) is 1.62. The van der Waals surface area contributed by atoms with Gasteiger partial charge in [-0.25, -0.2) is 4.39 Å². The van der Waals surface area contributed by atoms with Gasteiger partial charge in [0.2, 0.25) is 0 Å². The topological polar surface area (TPSA) is 75.7 Å². The molecule has 1 rings (SSSR count). The normalized spacial score (nSPS) is 12.6. The van der Waals surface area contributed by atoms with E-state index in [1.54, 1.807) is 0 Å². The molecule has 0 radical (unpaired) electrons. The summed E-state index contributed by atoms with van der Waals surface area (Å²) in [6.45, 7) is -0.399. The van der Waals surface area contributed by atoms with Crippen LogP contribution in [0.25, 0.3) is 0 Å². The molecule has 5 heteroatoms. The monoisotopic (exact) mass is 201 g/mol. The van der Waals surface area contributed by atoms with E-state index in [2.05, 4.69) is 0 Å². The molecule has 0 aliphatic rings. The number of ether oxygens (including phenoxy) is 1. The Morgan fingerprint density at radius 3 is 2.71 bits per heavy atom. The molecule has 1 aromatic carbocycles. The highest BCUT2D eigenvalue weighted by Gasteiger charge is 2.15. The van der Waals surface area contributed by atoms with Crippen LogP contribution >= 0.6 is 0 Å². The fourth-order valence-corrected chi connectivity index (χ4v) is 1.09. The van der Waals surface area contributed by atoms with Gasteiger partial charge in [0.05, 0.1) is 19.8 Å². The van der Waals surface area contributed by atoms with Gasteiger partial charge in [-0.05, 0) is 6.07 Å². The van der Waals surface area contributed by atoms with E-state index >= 15 is 0 Å². The standard InChI is InChI=1S/C9H12FNO3/c1-14-5-2-6(7(11)4-12)9(10)8(13)3-5/h2-3,7,12-13H,4,11H2,1H3. The summed E-state index contributed by atoms with van der Waals surface area (Å²) in [6.07, 6.45) is 0. The Hall–Kier alpha value is -1.33. The molecule has 1 atom stereocenters. The van der Waals surface area contributed by atoms with Crippen LogP contribution in [0.1, 0.15) is 11.6 Å². The Morgan fingerprint density at radius 2 is 2.21 bits per heavy atom. The molecule has 4 nitrogen and oxygen atoms in total. The first-order valence-electron chi connectivity index (χ1n) is 4.03. The van der Waals surface area contributed by atoms with Crippen LogP contribution in [0.15, 0.2) is 12.1 Å². The smallest absolute Gasteiger partial charge is 0.169 e. The second-order valence-corrected chi connectivity index (χ2v) is 2.84. The lowest BCUT2D eigenvalue weighted by molar-refractivity contribution is 0.264. The van der Waals surface area contributed by atoms with Crippen molar-refractivity contribution >= 4 is 0 Å². The van der Waals surface area contributed by atoms with Crippen LogP contribution in [-0.4, -0.2) is 23.9 Å². The van der Waals surface area contributed by atoms with Gasteiger partial charge < -0.3 is 20.7 Å². The zero-order valence-corrected chi connectivity index (χ0v) is 7.70. The van der Waals surface area contributed by atoms with E-state index in [4.69, 9.17) is 20.7 Å². The van der Waals surface area contributed by atoms with Gasteiger partial charge in [0.25, 0.3) is 0 Å². The lowest BCUT2D eigenvalue weighted by Gasteiger charge is -2.12. The van der Waals surface area contributed by atoms with Gasteiger partial charge in [-0.15, -0.1) is 0 Å². The molecule has 0 saturated carbocycles. The Bertz CT molecular complexity index is 330. The third-order valence-corrected chi connectivity index (χ3v) is 1.89. The SMILES string of the molecule is COc1cc(O)c(F)c(C(N)CO)c1. The van der Waals surface area contributed by atoms with Gasteiger partial charge in [-0.3, -0.25) is 0 Å². The predicted molar refractivity (Wildman–Crippen MR) is 48.6 cm³/mol. The minimum absolute atomic E-state index is 0.0318. The second-order valence-electron chi connectivity index (χ2n) is 2.84. The molecule has 0 amide bonds.